The number of benzene rings is 2. The molecule has 160 valence electrons. The van der Waals surface area contributed by atoms with Crippen molar-refractivity contribution >= 4 is 32.3 Å². The van der Waals surface area contributed by atoms with Gasteiger partial charge in [-0.3, -0.25) is 0 Å². The number of nitrogens with two attached hydrogens (primary N) is 1. The van der Waals surface area contributed by atoms with Crippen molar-refractivity contribution in [1.82, 2.24) is 4.57 Å². The second kappa shape index (κ2) is 9.66. The van der Waals surface area contributed by atoms with E-state index in [1.807, 2.05) is 56.3 Å². The molecule has 0 radical (unpaired) electrons. The number of carbonyl (C=O) groups excluding carboxylic acids is 1. The molecule has 1 unspecified atom stereocenters. The summed E-state index contributed by atoms with van der Waals surface area (Å²) < 4.78 is 7.50. The van der Waals surface area contributed by atoms with Crippen molar-refractivity contribution in [3.8, 4) is 11.4 Å². The van der Waals surface area contributed by atoms with Crippen LogP contribution in [0.3, 0.4) is 0 Å². The average molecular weight is 481 g/mol. The second-order valence-electron chi connectivity index (χ2n) is 6.98. The Kier molecular flexibility index (Phi) is 6.98. The van der Waals surface area contributed by atoms with E-state index >= 15 is 0 Å². The first kappa shape index (κ1) is 22.4. The number of aliphatic imine (C=N–C) groups is 1. The van der Waals surface area contributed by atoms with Gasteiger partial charge in [0, 0.05) is 0 Å². The second-order valence-corrected chi connectivity index (χ2v) is 9.41. The van der Waals surface area contributed by atoms with E-state index in [9.17, 15) is 9.59 Å². The molecule has 1 aromatic heterocycles. The van der Waals surface area contributed by atoms with Crippen LogP contribution in [-0.2, 0) is 5.21 Å². The minimum atomic E-state index is -1.33. The zero-order valence-electron chi connectivity index (χ0n) is 17.5. The molecule has 1 atom stereocenters. The van der Waals surface area contributed by atoms with Gasteiger partial charge in [-0.05, 0) is 0 Å². The van der Waals surface area contributed by atoms with Crippen LogP contribution < -0.4 is 10.5 Å². The molecule has 8 heteroatoms. The van der Waals surface area contributed by atoms with Gasteiger partial charge in [0.2, 0.25) is 0 Å². The number of methoxy groups -OCH3 is 1. The molecular weight excluding hydrogens is 457 g/mol. The molecule has 31 heavy (non-hydrogen) atoms. The van der Waals surface area contributed by atoms with Crippen molar-refractivity contribution in [2.45, 2.75) is 19.1 Å². The van der Waals surface area contributed by atoms with Gasteiger partial charge < -0.3 is 0 Å². The van der Waals surface area contributed by atoms with E-state index in [0.29, 0.717) is 10.8 Å². The molecule has 7 nitrogen and oxygen atoms in total. The summed E-state index contributed by atoms with van der Waals surface area (Å²) in [5.41, 5.74) is 10.9. The topological polar surface area (TPSA) is 107 Å². The summed E-state index contributed by atoms with van der Waals surface area (Å²) in [6, 6.07) is 16.9. The Morgan fingerprint density at radius 2 is 1.74 bits per heavy atom. The zero-order chi connectivity index (χ0) is 22.5. The molecule has 0 saturated heterocycles. The molecule has 3 aromatic rings. The van der Waals surface area contributed by atoms with Gasteiger partial charge in [0.15, 0.2) is 0 Å². The maximum atomic E-state index is 13.0. The predicted octanol–water partition coefficient (Wildman–Crippen LogP) is 3.26. The molecule has 2 aromatic carbocycles. The predicted molar refractivity (Wildman–Crippen MR) is 122 cm³/mol. The molecule has 0 fully saturated rings. The molecule has 1 heterocycles. The number of rotatable bonds is 7. The van der Waals surface area contributed by atoms with Crippen LogP contribution in [0.2, 0.25) is 0 Å². The summed E-state index contributed by atoms with van der Waals surface area (Å²) in [5, 5.41) is 9.38. The molecular formula is C23H24AsN3O4. The van der Waals surface area contributed by atoms with Crippen LogP contribution in [0.4, 0.5) is 4.79 Å². The van der Waals surface area contributed by atoms with Crippen molar-refractivity contribution in [2.75, 3.05) is 7.11 Å². The number of carbonyl (C=O) groups is 2. The molecule has 1 amide bonds. The fourth-order valence-corrected chi connectivity index (χ4v) is 5.55. The van der Waals surface area contributed by atoms with Crippen LogP contribution >= 0.6 is 0 Å². The first-order valence-corrected chi connectivity index (χ1v) is 12.1. The molecule has 0 aliphatic carbocycles. The molecule has 0 aliphatic rings. The molecule has 0 aliphatic heterocycles. The Balaban J connectivity index is 1.72. The summed E-state index contributed by atoms with van der Waals surface area (Å²) in [6.45, 7) is 3.96. The summed E-state index contributed by atoms with van der Waals surface area (Å²) >= 11 is -0.911. The van der Waals surface area contributed by atoms with E-state index in [-0.39, 0.29) is 10.4 Å². The first-order valence-electron chi connectivity index (χ1n) is 9.58. The number of amides is 1. The standard InChI is InChI=1S/C23H24AsN3O4/c1-14-12-20(15(2)27(14)18-8-10-19(31-3)11-9-18)21(28)24-13-16-4-6-17(7-5-16)22(25)26-23(29)30/h4-12,24H,13H2,1-3H3,(H2,25,26)(H,29,30). The van der Waals surface area contributed by atoms with Crippen molar-refractivity contribution in [3.05, 3.63) is 82.7 Å². The SMILES string of the molecule is COc1ccc(-n2c(C)cc(C(=O)[AsH]Cc3ccc(/C(N)=N\C(=O)O)cc3)c2C)cc1. The molecule has 0 bridgehead atoms. The van der Waals surface area contributed by atoms with E-state index < -0.39 is 21.8 Å². The van der Waals surface area contributed by atoms with E-state index in [4.69, 9.17) is 15.6 Å². The van der Waals surface area contributed by atoms with E-state index in [0.717, 1.165) is 34.0 Å². The fourth-order valence-electron chi connectivity index (χ4n) is 3.36. The zero-order valence-corrected chi connectivity index (χ0v) is 19.6. The monoisotopic (exact) mass is 481 g/mol. The van der Waals surface area contributed by atoms with Crippen molar-refractivity contribution in [3.63, 3.8) is 0 Å². The molecule has 3 rings (SSSR count). The third-order valence-electron chi connectivity index (χ3n) is 4.93. The van der Waals surface area contributed by atoms with Crippen LogP contribution in [-0.4, -0.2) is 49.0 Å². The molecule has 0 saturated carbocycles. The molecule has 0 spiro atoms. The van der Waals surface area contributed by atoms with E-state index in [1.165, 1.54) is 0 Å². The number of hydrogen-bond acceptors (Lipinski definition) is 3. The quantitative estimate of drug-likeness (QED) is 0.306. The number of amidine groups is 1. The van der Waals surface area contributed by atoms with E-state index in [1.54, 1.807) is 19.2 Å². The Bertz CT molecular complexity index is 1130. The Hall–Kier alpha value is -3.31. The van der Waals surface area contributed by atoms with Gasteiger partial charge in [0.1, 0.15) is 0 Å². The van der Waals surface area contributed by atoms with Gasteiger partial charge in [-0.1, -0.05) is 0 Å². The van der Waals surface area contributed by atoms with Crippen molar-refractivity contribution in [2.24, 2.45) is 10.7 Å². The third kappa shape index (κ3) is 5.25. The first-order chi connectivity index (χ1) is 14.8. The molecule has 3 N–H and O–H groups in total. The van der Waals surface area contributed by atoms with Crippen LogP contribution in [0.15, 0.2) is 59.6 Å². The summed E-state index contributed by atoms with van der Waals surface area (Å²) in [6.07, 6.45) is -1.33. The minimum absolute atomic E-state index is 0.0443. The van der Waals surface area contributed by atoms with Gasteiger partial charge in [-0.25, -0.2) is 0 Å². The van der Waals surface area contributed by atoms with Crippen LogP contribution in [0.5, 0.6) is 5.75 Å². The summed E-state index contributed by atoms with van der Waals surface area (Å²) in [5.74, 6) is 0.744. The van der Waals surface area contributed by atoms with Crippen molar-refractivity contribution < 1.29 is 19.4 Å². The Labute approximate surface area is 187 Å². The number of aromatic nitrogens is 1. The average Bonchev–Trinajstić information content (AvgIpc) is 3.06. The van der Waals surface area contributed by atoms with Gasteiger partial charge in [0.05, 0.1) is 0 Å². The normalized spacial score (nSPS) is 11.8. The van der Waals surface area contributed by atoms with Crippen LogP contribution in [0.25, 0.3) is 5.69 Å². The maximum absolute atomic E-state index is 13.0. The van der Waals surface area contributed by atoms with E-state index in [2.05, 4.69) is 9.56 Å². The Morgan fingerprint density at radius 1 is 1.10 bits per heavy atom. The number of hydrogen-bond donors (Lipinski definition) is 2. The number of carboxylic acid groups (broad SMARTS) is 1. The number of aryl methyl sites for hydroxylation is 1. The van der Waals surface area contributed by atoms with Crippen molar-refractivity contribution in [1.29, 1.82) is 0 Å². The summed E-state index contributed by atoms with van der Waals surface area (Å²) in [4.78, 5) is 26.9. The van der Waals surface area contributed by atoms with Gasteiger partial charge in [-0.15, -0.1) is 0 Å². The van der Waals surface area contributed by atoms with Gasteiger partial charge >= 0.3 is 187 Å². The number of nitrogens with zero attached hydrogens (tertiary/aromatic N) is 2. The summed E-state index contributed by atoms with van der Waals surface area (Å²) in [7, 11) is 1.63. The van der Waals surface area contributed by atoms with Gasteiger partial charge in [-0.2, -0.15) is 0 Å². The Morgan fingerprint density at radius 3 is 2.32 bits per heavy atom. The third-order valence-corrected chi connectivity index (χ3v) is 7.39. The fraction of sp³-hybridized carbons (Fsp3) is 0.174. The van der Waals surface area contributed by atoms with Crippen LogP contribution in [0.1, 0.15) is 32.9 Å². The number of ether oxygens (including phenoxy) is 1. The van der Waals surface area contributed by atoms with Gasteiger partial charge in [0.25, 0.3) is 0 Å². The van der Waals surface area contributed by atoms with Crippen LogP contribution in [0, 0.1) is 13.8 Å².